The maximum Gasteiger partial charge on any atom is 0.410 e. The van der Waals surface area contributed by atoms with Crippen LogP contribution in [0.1, 0.15) is 74.0 Å². The number of benzene rings is 1. The highest BCUT2D eigenvalue weighted by molar-refractivity contribution is 6.10. The van der Waals surface area contributed by atoms with Crippen LogP contribution >= 0.6 is 0 Å². The van der Waals surface area contributed by atoms with Gasteiger partial charge in [0.1, 0.15) is 28.8 Å². The summed E-state index contributed by atoms with van der Waals surface area (Å²) in [6.45, 7) is 10.1. The molecule has 3 aromatic heterocycles. The summed E-state index contributed by atoms with van der Waals surface area (Å²) in [5.41, 5.74) is 4.29. The zero-order chi connectivity index (χ0) is 32.0. The lowest BCUT2D eigenvalue weighted by Crippen LogP contribution is -2.34. The average molecular weight is 609 g/mol. The van der Waals surface area contributed by atoms with Crippen LogP contribution in [-0.4, -0.2) is 67.4 Å². The van der Waals surface area contributed by atoms with Crippen molar-refractivity contribution < 1.29 is 14.3 Å². The molecule has 0 saturated heterocycles. The second-order valence-electron chi connectivity index (χ2n) is 13.0. The Hall–Kier alpha value is -4.80. The monoisotopic (exact) mass is 608 g/mol. The molecule has 11 nitrogen and oxygen atoms in total. The standard InChI is InChI=1S/C34H40N8O3/c1-21(2)40(7)30-18-23-24(26(36-30)20-39(6)33(44)45-34(3,4)5)19-41(32(23)43)28-16-11-14-25(35-28)31-38-37-29-17-10-13-22-12-8-9-15-27(22)42(29)31/h8-9,11-12,14-16,18,21H,10,13,17,19-20H2,1-7H3. The van der Waals surface area contributed by atoms with Gasteiger partial charge in [-0.3, -0.25) is 14.3 Å². The number of amides is 2. The summed E-state index contributed by atoms with van der Waals surface area (Å²) in [7, 11) is 3.63. The molecule has 45 heavy (non-hydrogen) atoms. The van der Waals surface area contributed by atoms with Gasteiger partial charge in [0.25, 0.3) is 5.91 Å². The fourth-order valence-corrected chi connectivity index (χ4v) is 5.72. The zero-order valence-corrected chi connectivity index (χ0v) is 27.0. The van der Waals surface area contributed by atoms with Crippen LogP contribution in [0.15, 0.2) is 48.5 Å². The van der Waals surface area contributed by atoms with Crippen LogP contribution in [0.3, 0.4) is 0 Å². The number of carbonyl (C=O) groups excluding carboxylic acids is 2. The van der Waals surface area contributed by atoms with E-state index in [1.54, 1.807) is 11.9 Å². The van der Waals surface area contributed by atoms with E-state index >= 15 is 0 Å². The lowest BCUT2D eigenvalue weighted by atomic mass is 10.1. The molecule has 0 fully saturated rings. The van der Waals surface area contributed by atoms with Crippen LogP contribution in [0.25, 0.3) is 17.2 Å². The Labute approximate surface area is 263 Å². The fraction of sp³-hybridized carbons (Fsp3) is 0.412. The number of aromatic nitrogens is 5. The van der Waals surface area contributed by atoms with Crippen LogP contribution in [0.4, 0.5) is 16.4 Å². The van der Waals surface area contributed by atoms with Crippen LogP contribution in [0, 0.1) is 0 Å². The normalized spacial score (nSPS) is 14.1. The number of carbonyl (C=O) groups is 2. The molecule has 2 amide bonds. The van der Waals surface area contributed by atoms with E-state index in [2.05, 4.69) is 46.8 Å². The van der Waals surface area contributed by atoms with Gasteiger partial charge in [-0.25, -0.2) is 14.8 Å². The summed E-state index contributed by atoms with van der Waals surface area (Å²) < 4.78 is 7.68. The van der Waals surface area contributed by atoms with Gasteiger partial charge in [-0.1, -0.05) is 24.3 Å². The topological polar surface area (TPSA) is 110 Å². The number of nitrogens with zero attached hydrogens (tertiary/aromatic N) is 8. The van der Waals surface area contributed by atoms with Crippen molar-refractivity contribution in [3.8, 4) is 17.2 Å². The Bertz CT molecular complexity index is 1770. The van der Waals surface area contributed by atoms with Crippen LogP contribution in [0.2, 0.25) is 0 Å². The minimum absolute atomic E-state index is 0.154. The maximum absolute atomic E-state index is 14.0. The Morgan fingerprint density at radius 3 is 2.56 bits per heavy atom. The van der Waals surface area contributed by atoms with Crippen molar-refractivity contribution in [1.29, 1.82) is 0 Å². The Kier molecular flexibility index (Phi) is 7.80. The van der Waals surface area contributed by atoms with Crippen molar-refractivity contribution in [3.63, 3.8) is 0 Å². The minimum Gasteiger partial charge on any atom is -0.444 e. The van der Waals surface area contributed by atoms with Crippen molar-refractivity contribution in [1.82, 2.24) is 29.6 Å². The molecule has 0 atom stereocenters. The first kappa shape index (κ1) is 30.2. The first-order valence-corrected chi connectivity index (χ1v) is 15.4. The van der Waals surface area contributed by atoms with Gasteiger partial charge in [-0.2, -0.15) is 0 Å². The number of anilines is 2. The number of fused-ring (bicyclic) bond motifs is 4. The van der Waals surface area contributed by atoms with Crippen molar-refractivity contribution in [2.24, 2.45) is 0 Å². The van der Waals surface area contributed by atoms with Crippen LogP contribution in [-0.2, 0) is 30.7 Å². The summed E-state index contributed by atoms with van der Waals surface area (Å²) in [6.07, 6.45) is 2.34. The first-order valence-electron chi connectivity index (χ1n) is 15.4. The molecular formula is C34H40N8O3. The molecule has 4 aromatic rings. The van der Waals surface area contributed by atoms with E-state index in [1.165, 1.54) is 10.5 Å². The third-order valence-electron chi connectivity index (χ3n) is 8.27. The first-order chi connectivity index (χ1) is 21.4. The van der Waals surface area contributed by atoms with Gasteiger partial charge in [0.05, 0.1) is 30.0 Å². The third kappa shape index (κ3) is 5.86. The molecule has 1 aromatic carbocycles. The largest absolute Gasteiger partial charge is 0.444 e. The molecule has 2 aliphatic rings. The molecule has 234 valence electrons. The van der Waals surface area contributed by atoms with Gasteiger partial charge in [-0.15, -0.1) is 10.2 Å². The van der Waals surface area contributed by atoms with Crippen molar-refractivity contribution in [2.75, 3.05) is 23.9 Å². The second-order valence-corrected chi connectivity index (χ2v) is 13.0. The van der Waals surface area contributed by atoms with E-state index < -0.39 is 11.7 Å². The summed E-state index contributed by atoms with van der Waals surface area (Å²) in [6, 6.07) is 16.0. The molecule has 0 saturated carbocycles. The van der Waals surface area contributed by atoms with Crippen molar-refractivity contribution >= 4 is 23.6 Å². The summed E-state index contributed by atoms with van der Waals surface area (Å²) >= 11 is 0. The van der Waals surface area contributed by atoms with Gasteiger partial charge in [0.2, 0.25) is 0 Å². The molecule has 0 spiro atoms. The molecule has 5 heterocycles. The molecule has 0 unspecified atom stereocenters. The molecule has 0 aliphatic carbocycles. The molecular weight excluding hydrogens is 568 g/mol. The lowest BCUT2D eigenvalue weighted by Gasteiger charge is -2.26. The number of hydrogen-bond donors (Lipinski definition) is 0. The second kappa shape index (κ2) is 11.6. The van der Waals surface area contributed by atoms with Gasteiger partial charge in [0.15, 0.2) is 5.82 Å². The summed E-state index contributed by atoms with van der Waals surface area (Å²) in [5.74, 6) is 2.56. The van der Waals surface area contributed by atoms with E-state index in [1.807, 2.05) is 63.1 Å². The fourth-order valence-electron chi connectivity index (χ4n) is 5.72. The van der Waals surface area contributed by atoms with E-state index in [0.29, 0.717) is 34.4 Å². The number of aryl methyl sites for hydroxylation is 2. The highest BCUT2D eigenvalue weighted by atomic mass is 16.6. The van der Waals surface area contributed by atoms with E-state index in [0.717, 1.165) is 36.3 Å². The third-order valence-corrected chi connectivity index (χ3v) is 8.27. The maximum atomic E-state index is 14.0. The van der Waals surface area contributed by atoms with Gasteiger partial charge >= 0.3 is 6.09 Å². The molecule has 11 heteroatoms. The van der Waals surface area contributed by atoms with Crippen molar-refractivity contribution in [3.05, 3.63) is 76.7 Å². The van der Waals surface area contributed by atoms with E-state index in [9.17, 15) is 9.59 Å². The summed E-state index contributed by atoms with van der Waals surface area (Å²) in [4.78, 5) is 42.0. The Morgan fingerprint density at radius 2 is 1.80 bits per heavy atom. The molecule has 0 N–H and O–H groups in total. The molecule has 2 aliphatic heterocycles. The predicted molar refractivity (Wildman–Crippen MR) is 173 cm³/mol. The number of para-hydroxylation sites is 1. The average Bonchev–Trinajstić information content (AvgIpc) is 3.51. The summed E-state index contributed by atoms with van der Waals surface area (Å²) in [5, 5.41) is 9.07. The molecule has 0 bridgehead atoms. The number of rotatable bonds is 6. The Balaban J connectivity index is 1.36. The van der Waals surface area contributed by atoms with Crippen LogP contribution < -0.4 is 9.80 Å². The number of pyridine rings is 2. The number of ether oxygens (including phenoxy) is 1. The SMILES string of the molecule is CC(C)N(C)c1cc2c(c(CN(C)C(=O)OC(C)(C)C)n1)CN(c1cccc(-c3nnc4n3-c3ccccc3CCC4)n1)C2=O. The van der Waals surface area contributed by atoms with E-state index in [-0.39, 0.29) is 25.0 Å². The van der Waals surface area contributed by atoms with E-state index in [4.69, 9.17) is 14.7 Å². The van der Waals surface area contributed by atoms with Gasteiger partial charge in [0, 0.05) is 32.1 Å². The molecule has 0 radical (unpaired) electrons. The highest BCUT2D eigenvalue weighted by Gasteiger charge is 2.34. The van der Waals surface area contributed by atoms with Crippen LogP contribution in [0.5, 0.6) is 0 Å². The minimum atomic E-state index is -0.630. The quantitative estimate of drug-likeness (QED) is 0.279. The lowest BCUT2D eigenvalue weighted by molar-refractivity contribution is 0.0282. The zero-order valence-electron chi connectivity index (χ0n) is 27.0. The van der Waals surface area contributed by atoms with Gasteiger partial charge < -0.3 is 14.5 Å². The Morgan fingerprint density at radius 1 is 1.02 bits per heavy atom. The van der Waals surface area contributed by atoms with Gasteiger partial charge in [-0.05, 0) is 77.3 Å². The molecule has 6 rings (SSSR count). The van der Waals surface area contributed by atoms with Crippen molar-refractivity contribution in [2.45, 2.75) is 78.6 Å². The smallest absolute Gasteiger partial charge is 0.410 e. The highest BCUT2D eigenvalue weighted by Crippen LogP contribution is 2.34. The predicted octanol–water partition coefficient (Wildman–Crippen LogP) is 5.58. The number of hydrogen-bond acceptors (Lipinski definition) is 8.